The van der Waals surface area contributed by atoms with Gasteiger partial charge < -0.3 is 37.8 Å². The Kier molecular flexibility index (Phi) is 19.3. The van der Waals surface area contributed by atoms with Crippen molar-refractivity contribution in [3.05, 3.63) is 60.2 Å². The van der Waals surface area contributed by atoms with E-state index in [2.05, 4.69) is 27.5 Å². The van der Waals surface area contributed by atoms with Gasteiger partial charge in [-0.2, -0.15) is 0 Å². The first-order valence-corrected chi connectivity index (χ1v) is 15.1. The molecule has 14 heteroatoms. The smallest absolute Gasteiger partial charge is 0.263 e. The molecule has 0 aliphatic heterocycles. The average molecular weight is 637 g/mol. The Morgan fingerprint density at radius 2 is 1.76 bits per heavy atom. The van der Waals surface area contributed by atoms with Gasteiger partial charge in [0.05, 0.1) is 24.7 Å². The number of amides is 3. The number of alkyl halides is 2. The van der Waals surface area contributed by atoms with Crippen molar-refractivity contribution < 1.29 is 28.3 Å². The number of carbonyl (C=O) groups is 3. The fourth-order valence-electron chi connectivity index (χ4n) is 4.32. The van der Waals surface area contributed by atoms with Crippen molar-refractivity contribution in [1.82, 2.24) is 20.9 Å². The normalized spacial score (nSPS) is 15.0. The Bertz CT molecular complexity index is 1100. The van der Waals surface area contributed by atoms with E-state index in [-0.39, 0.29) is 43.4 Å². The molecule has 0 heterocycles. The van der Waals surface area contributed by atoms with Gasteiger partial charge in [-0.05, 0) is 31.5 Å². The van der Waals surface area contributed by atoms with Gasteiger partial charge in [0.25, 0.3) is 6.43 Å². The van der Waals surface area contributed by atoms with E-state index >= 15 is 0 Å². The van der Waals surface area contributed by atoms with E-state index in [4.69, 9.17) is 17.2 Å². The Labute approximate surface area is 264 Å². The number of rotatable bonds is 22. The van der Waals surface area contributed by atoms with Crippen molar-refractivity contribution >= 4 is 23.9 Å². The van der Waals surface area contributed by atoms with Gasteiger partial charge in [-0.15, -0.1) is 6.58 Å². The Morgan fingerprint density at radius 3 is 2.29 bits per heavy atom. The first-order chi connectivity index (χ1) is 21.5. The maximum absolute atomic E-state index is 13.3. The van der Waals surface area contributed by atoms with Crippen LogP contribution in [0.2, 0.25) is 0 Å². The molecule has 1 aromatic rings. The molecule has 1 rings (SSSR count). The van der Waals surface area contributed by atoms with Gasteiger partial charge in [0.1, 0.15) is 12.3 Å². The lowest BCUT2D eigenvalue weighted by molar-refractivity contribution is -0.132. The van der Waals surface area contributed by atoms with Gasteiger partial charge >= 0.3 is 0 Å². The number of nitrogens with zero attached hydrogens (tertiary/aromatic N) is 2. The van der Waals surface area contributed by atoms with E-state index in [1.807, 2.05) is 26.0 Å². The van der Waals surface area contributed by atoms with Crippen LogP contribution in [-0.2, 0) is 20.8 Å². The maximum Gasteiger partial charge on any atom is 0.263 e. The zero-order valence-electron chi connectivity index (χ0n) is 26.2. The molecule has 0 fully saturated rings. The van der Waals surface area contributed by atoms with Crippen LogP contribution in [0.5, 0.6) is 0 Å². The number of aliphatic hydroxyl groups excluding tert-OH is 1. The molecule has 3 amide bonds. The van der Waals surface area contributed by atoms with E-state index in [1.54, 1.807) is 12.3 Å². The van der Waals surface area contributed by atoms with Crippen LogP contribution in [0.15, 0.2) is 54.1 Å². The highest BCUT2D eigenvalue weighted by Gasteiger charge is 2.25. The molecule has 0 aliphatic carbocycles. The molecule has 45 heavy (non-hydrogen) atoms. The third-order valence-corrected chi connectivity index (χ3v) is 6.88. The lowest BCUT2D eigenvalue weighted by Gasteiger charge is -2.25. The second kappa shape index (κ2) is 22.0. The molecule has 252 valence electrons. The van der Waals surface area contributed by atoms with Gasteiger partial charge in [-0.25, -0.2) is 8.78 Å². The number of hydrogen-bond donors (Lipinski definition) is 7. The lowest BCUT2D eigenvalue weighted by atomic mass is 10.0. The molecular weight excluding hydrogens is 586 g/mol. The molecule has 0 saturated carbocycles. The van der Waals surface area contributed by atoms with Gasteiger partial charge in [0, 0.05) is 44.6 Å². The molecule has 5 atom stereocenters. The number of benzene rings is 1. The average Bonchev–Trinajstić information content (AvgIpc) is 3.02. The summed E-state index contributed by atoms with van der Waals surface area (Å²) in [5.74, 6) is -1.49. The van der Waals surface area contributed by atoms with E-state index in [0.29, 0.717) is 25.1 Å². The summed E-state index contributed by atoms with van der Waals surface area (Å²) in [6.45, 7) is 8.28. The predicted molar refractivity (Wildman–Crippen MR) is 172 cm³/mol. The predicted octanol–water partition coefficient (Wildman–Crippen LogP) is 0.509. The molecule has 10 N–H and O–H groups in total. The zero-order valence-corrected chi connectivity index (χ0v) is 26.2. The number of nitrogens with one attached hydrogen (secondary N) is 3. The first-order valence-electron chi connectivity index (χ1n) is 15.1. The Morgan fingerprint density at radius 1 is 1.11 bits per heavy atom. The second-order valence-corrected chi connectivity index (χ2v) is 10.4. The molecule has 12 nitrogen and oxygen atoms in total. The Hall–Kier alpha value is -3.56. The summed E-state index contributed by atoms with van der Waals surface area (Å²) < 4.78 is 26.1. The maximum atomic E-state index is 13.3. The summed E-state index contributed by atoms with van der Waals surface area (Å²) in [4.78, 5) is 44.5. The van der Waals surface area contributed by atoms with E-state index in [0.717, 1.165) is 6.42 Å². The first kappa shape index (κ1) is 39.5. The Balaban J connectivity index is 2.92. The third-order valence-electron chi connectivity index (χ3n) is 6.88. The van der Waals surface area contributed by atoms with Crippen LogP contribution in [0.3, 0.4) is 0 Å². The summed E-state index contributed by atoms with van der Waals surface area (Å²) in [6.07, 6.45) is 4.15. The SMILES string of the molecule is C=CC(CC=CC(CC)N=CC)NC(=O)C(Cc1ccc(C(F)F)cc1)NC(=O)CNC(O)C(N)CC(=O)N(CCN)CCN. The fourth-order valence-corrected chi connectivity index (χ4v) is 4.32. The van der Waals surface area contributed by atoms with Crippen molar-refractivity contribution in [2.45, 2.75) is 76.4 Å². The summed E-state index contributed by atoms with van der Waals surface area (Å²) in [5.41, 5.74) is 17.4. The number of aliphatic hydroxyl groups is 1. The van der Waals surface area contributed by atoms with Gasteiger partial charge in [0.15, 0.2) is 0 Å². The highest BCUT2D eigenvalue weighted by atomic mass is 19.3. The van der Waals surface area contributed by atoms with Crippen LogP contribution in [0.4, 0.5) is 8.78 Å². The minimum atomic E-state index is -2.64. The minimum Gasteiger partial charge on any atom is -0.377 e. The topological polar surface area (TPSA) is 201 Å². The van der Waals surface area contributed by atoms with Crippen LogP contribution in [-0.4, -0.2) is 97.1 Å². The fraction of sp³-hybridized carbons (Fsp3) is 0.548. The highest BCUT2D eigenvalue weighted by Crippen LogP contribution is 2.19. The molecule has 1 aromatic carbocycles. The van der Waals surface area contributed by atoms with E-state index in [9.17, 15) is 28.3 Å². The number of hydrogen-bond acceptors (Lipinski definition) is 9. The van der Waals surface area contributed by atoms with Crippen molar-refractivity contribution in [3.63, 3.8) is 0 Å². The number of nitrogens with two attached hydrogens (primary N) is 3. The highest BCUT2D eigenvalue weighted by molar-refractivity contribution is 5.89. The van der Waals surface area contributed by atoms with Crippen LogP contribution in [0.25, 0.3) is 0 Å². The molecule has 0 saturated heterocycles. The van der Waals surface area contributed by atoms with Gasteiger partial charge in [-0.1, -0.05) is 49.4 Å². The second-order valence-electron chi connectivity index (χ2n) is 10.4. The summed E-state index contributed by atoms with van der Waals surface area (Å²) in [6, 6.07) is 2.92. The van der Waals surface area contributed by atoms with Gasteiger partial charge in [-0.3, -0.25) is 24.7 Å². The van der Waals surface area contributed by atoms with Gasteiger partial charge in [0.2, 0.25) is 17.7 Å². The summed E-state index contributed by atoms with van der Waals surface area (Å²) >= 11 is 0. The van der Waals surface area contributed by atoms with Crippen molar-refractivity contribution in [3.8, 4) is 0 Å². The molecule has 0 radical (unpaired) electrons. The monoisotopic (exact) mass is 636 g/mol. The lowest BCUT2D eigenvalue weighted by Crippen LogP contribution is -2.54. The third kappa shape index (κ3) is 15.3. The summed E-state index contributed by atoms with van der Waals surface area (Å²) in [5, 5.41) is 18.5. The molecule has 0 aromatic heterocycles. The zero-order chi connectivity index (χ0) is 33.8. The molecule has 0 bridgehead atoms. The molecule has 0 spiro atoms. The van der Waals surface area contributed by atoms with Crippen LogP contribution in [0.1, 0.15) is 50.7 Å². The van der Waals surface area contributed by atoms with Crippen molar-refractivity contribution in [1.29, 1.82) is 0 Å². The number of aliphatic imine (C=N–C) groups is 1. The van der Waals surface area contributed by atoms with Crippen LogP contribution >= 0.6 is 0 Å². The quantitative estimate of drug-likeness (QED) is 0.0542. The number of halogens is 2. The standard InChI is InChI=1S/C31H50F2N8O4/c1-4-23(37-6-3)8-7-9-24(5-2)39-31(45)26(18-21-10-12-22(13-11-21)29(32)33)40-27(42)20-38-30(44)25(36)19-28(43)41(16-14-34)17-15-35/h5-8,10-13,23-26,29-30,38,44H,2,4,9,14-20,34-36H2,1,3H3,(H,39,45)(H,40,42). The largest absolute Gasteiger partial charge is 0.377 e. The minimum absolute atomic E-state index is 0.0125. The van der Waals surface area contributed by atoms with Crippen LogP contribution in [0, 0.1) is 0 Å². The van der Waals surface area contributed by atoms with Crippen molar-refractivity contribution in [2.75, 3.05) is 32.7 Å². The van der Waals surface area contributed by atoms with E-state index < -0.39 is 49.1 Å². The van der Waals surface area contributed by atoms with Crippen molar-refractivity contribution in [2.24, 2.45) is 22.2 Å². The molecular formula is C31H50F2N8O4. The van der Waals surface area contributed by atoms with E-state index in [1.165, 1.54) is 29.2 Å². The summed E-state index contributed by atoms with van der Waals surface area (Å²) in [7, 11) is 0. The molecule has 5 unspecified atom stereocenters. The van der Waals surface area contributed by atoms with Crippen LogP contribution < -0.4 is 33.2 Å². The number of carbonyl (C=O) groups excluding carboxylic acids is 3. The molecule has 0 aliphatic rings.